The molecule has 1 heteroatoms. The molecule has 62 valence electrons. The second-order valence-corrected chi connectivity index (χ2v) is 3.02. The first-order valence-corrected chi connectivity index (χ1v) is 4.49. The van der Waals surface area contributed by atoms with E-state index < -0.39 is 0 Å². The van der Waals surface area contributed by atoms with Crippen LogP contribution in [0, 0.1) is 11.2 Å². The number of fused-ring (bicyclic) bond motifs is 1. The van der Waals surface area contributed by atoms with E-state index in [1.165, 1.54) is 10.8 Å². The zero-order valence-corrected chi connectivity index (χ0v) is 7.88. The van der Waals surface area contributed by atoms with E-state index in [1.807, 2.05) is 18.2 Å². The molecule has 2 aromatic carbocycles. The third-order valence-corrected chi connectivity index (χ3v) is 2.06. The third-order valence-electron chi connectivity index (χ3n) is 1.95. The summed E-state index contributed by atoms with van der Waals surface area (Å²) in [7, 11) is 0. The molecule has 13 heavy (non-hydrogen) atoms. The molecular weight excluding hydrogens is 176 g/mol. The first kappa shape index (κ1) is 8.22. The SMILES string of the molecule is SC#Cc1ccc2ccccc2c1. The Labute approximate surface area is 83.0 Å². The zero-order valence-electron chi connectivity index (χ0n) is 6.99. The van der Waals surface area contributed by atoms with Crippen LogP contribution in [0.2, 0.25) is 0 Å². The van der Waals surface area contributed by atoms with Crippen molar-refractivity contribution in [3.8, 4) is 11.2 Å². The summed E-state index contributed by atoms with van der Waals surface area (Å²) in [5.74, 6) is 2.91. The Morgan fingerprint density at radius 3 is 2.46 bits per heavy atom. The van der Waals surface area contributed by atoms with Gasteiger partial charge >= 0.3 is 0 Å². The summed E-state index contributed by atoms with van der Waals surface area (Å²) in [6.45, 7) is 0. The normalized spacial score (nSPS) is 9.31. The highest BCUT2D eigenvalue weighted by Gasteiger charge is 1.91. The molecule has 0 radical (unpaired) electrons. The second kappa shape index (κ2) is 3.55. The molecular formula is C12H8S. The molecule has 0 aliphatic rings. The summed E-state index contributed by atoms with van der Waals surface area (Å²) < 4.78 is 0. The van der Waals surface area contributed by atoms with Crippen molar-refractivity contribution in [2.45, 2.75) is 0 Å². The lowest BCUT2D eigenvalue weighted by molar-refractivity contribution is 1.70. The average molecular weight is 184 g/mol. The largest absolute Gasteiger partial charge is 0.0918 e. The fourth-order valence-electron chi connectivity index (χ4n) is 1.33. The standard InChI is InChI=1S/C12H8S/c13-8-7-10-5-6-11-3-1-2-4-12(11)9-10/h1-6,9,13H. The van der Waals surface area contributed by atoms with Crippen molar-refractivity contribution in [3.63, 3.8) is 0 Å². The summed E-state index contributed by atoms with van der Waals surface area (Å²) >= 11 is 3.87. The van der Waals surface area contributed by atoms with E-state index in [1.54, 1.807) is 0 Å². The minimum atomic E-state index is 1.01. The van der Waals surface area contributed by atoms with Gasteiger partial charge < -0.3 is 0 Å². The van der Waals surface area contributed by atoms with Crippen LogP contribution in [0.15, 0.2) is 42.5 Å². The molecule has 0 amide bonds. The Balaban J connectivity index is 2.66. The maximum absolute atomic E-state index is 3.87. The first-order chi connectivity index (χ1) is 6.40. The number of thiol groups is 1. The van der Waals surface area contributed by atoms with Crippen molar-refractivity contribution in [2.24, 2.45) is 0 Å². The summed E-state index contributed by atoms with van der Waals surface area (Å²) in [6.07, 6.45) is 0. The van der Waals surface area contributed by atoms with E-state index in [9.17, 15) is 0 Å². The van der Waals surface area contributed by atoms with E-state index >= 15 is 0 Å². The van der Waals surface area contributed by atoms with Crippen molar-refractivity contribution in [2.75, 3.05) is 0 Å². The Morgan fingerprint density at radius 1 is 0.923 bits per heavy atom. The van der Waals surface area contributed by atoms with E-state index in [4.69, 9.17) is 0 Å². The smallest absolute Gasteiger partial charge is 0.0260 e. The third kappa shape index (κ3) is 1.68. The first-order valence-electron chi connectivity index (χ1n) is 4.04. The second-order valence-electron chi connectivity index (χ2n) is 2.80. The van der Waals surface area contributed by atoms with Gasteiger partial charge in [-0.15, -0.1) is 0 Å². The number of hydrogen-bond donors (Lipinski definition) is 1. The number of rotatable bonds is 0. The Hall–Kier alpha value is -1.39. The molecule has 0 unspecified atom stereocenters. The summed E-state index contributed by atoms with van der Waals surface area (Å²) in [4.78, 5) is 0. The topological polar surface area (TPSA) is 0 Å². The Bertz CT molecular complexity index is 489. The molecule has 0 aromatic heterocycles. The minimum Gasteiger partial charge on any atom is -0.0918 e. The van der Waals surface area contributed by atoms with Crippen LogP contribution in [0.3, 0.4) is 0 Å². The molecule has 0 fully saturated rings. The predicted molar refractivity (Wildman–Crippen MR) is 59.8 cm³/mol. The Morgan fingerprint density at radius 2 is 1.69 bits per heavy atom. The van der Waals surface area contributed by atoms with Crippen LogP contribution in [-0.2, 0) is 0 Å². The summed E-state index contributed by atoms with van der Waals surface area (Å²) in [5.41, 5.74) is 1.01. The molecule has 0 aliphatic carbocycles. The predicted octanol–water partition coefficient (Wildman–Crippen LogP) is 3.08. The van der Waals surface area contributed by atoms with Crippen molar-refractivity contribution >= 4 is 23.4 Å². The maximum atomic E-state index is 3.87. The molecule has 0 saturated heterocycles. The van der Waals surface area contributed by atoms with E-state index in [-0.39, 0.29) is 0 Å². The minimum absolute atomic E-state index is 1.01. The lowest BCUT2D eigenvalue weighted by Crippen LogP contribution is -1.75. The van der Waals surface area contributed by atoms with Crippen LogP contribution in [0.1, 0.15) is 5.56 Å². The summed E-state index contributed by atoms with van der Waals surface area (Å²) in [6, 6.07) is 14.4. The van der Waals surface area contributed by atoms with Crippen LogP contribution < -0.4 is 0 Å². The van der Waals surface area contributed by atoms with Gasteiger partial charge in [0, 0.05) is 5.56 Å². The molecule has 0 heterocycles. The molecule has 2 rings (SSSR count). The lowest BCUT2D eigenvalue weighted by Gasteiger charge is -1.96. The van der Waals surface area contributed by atoms with Crippen LogP contribution in [-0.4, -0.2) is 0 Å². The van der Waals surface area contributed by atoms with Gasteiger partial charge in [-0.1, -0.05) is 48.9 Å². The molecule has 0 saturated carbocycles. The lowest BCUT2D eigenvalue weighted by atomic mass is 10.1. The van der Waals surface area contributed by atoms with Gasteiger partial charge in [-0.3, -0.25) is 0 Å². The molecule has 0 atom stereocenters. The van der Waals surface area contributed by atoms with Crippen LogP contribution in [0.5, 0.6) is 0 Å². The van der Waals surface area contributed by atoms with Crippen molar-refractivity contribution in [3.05, 3.63) is 48.0 Å². The fourth-order valence-corrected chi connectivity index (χ4v) is 1.46. The van der Waals surface area contributed by atoms with Crippen molar-refractivity contribution < 1.29 is 0 Å². The van der Waals surface area contributed by atoms with Gasteiger partial charge in [0.05, 0.1) is 0 Å². The van der Waals surface area contributed by atoms with Gasteiger partial charge in [0.25, 0.3) is 0 Å². The van der Waals surface area contributed by atoms with Gasteiger partial charge in [-0.25, -0.2) is 0 Å². The molecule has 2 aromatic rings. The molecule has 0 bridgehead atoms. The Kier molecular flexibility index (Phi) is 2.25. The van der Waals surface area contributed by atoms with E-state index in [0.29, 0.717) is 0 Å². The van der Waals surface area contributed by atoms with Crippen molar-refractivity contribution in [1.29, 1.82) is 0 Å². The van der Waals surface area contributed by atoms with Gasteiger partial charge in [-0.2, -0.15) is 0 Å². The molecule has 0 nitrogen and oxygen atoms in total. The quantitative estimate of drug-likeness (QED) is 0.472. The molecule has 0 aliphatic heterocycles. The van der Waals surface area contributed by atoms with Crippen LogP contribution in [0.25, 0.3) is 10.8 Å². The highest BCUT2D eigenvalue weighted by Crippen LogP contribution is 2.14. The maximum Gasteiger partial charge on any atom is 0.0260 e. The number of hydrogen-bond acceptors (Lipinski definition) is 1. The monoisotopic (exact) mass is 184 g/mol. The van der Waals surface area contributed by atoms with E-state index in [2.05, 4.69) is 48.1 Å². The highest BCUT2D eigenvalue weighted by atomic mass is 32.1. The summed E-state index contributed by atoms with van der Waals surface area (Å²) in [5, 5.41) is 5.05. The van der Waals surface area contributed by atoms with Gasteiger partial charge in [0.15, 0.2) is 0 Å². The number of benzene rings is 2. The van der Waals surface area contributed by atoms with Gasteiger partial charge in [0.1, 0.15) is 0 Å². The van der Waals surface area contributed by atoms with Crippen LogP contribution >= 0.6 is 12.6 Å². The van der Waals surface area contributed by atoms with Gasteiger partial charge in [-0.05, 0) is 28.2 Å². The van der Waals surface area contributed by atoms with Crippen molar-refractivity contribution in [1.82, 2.24) is 0 Å². The van der Waals surface area contributed by atoms with Gasteiger partial charge in [0.2, 0.25) is 0 Å². The zero-order chi connectivity index (χ0) is 9.10. The average Bonchev–Trinajstić information content (AvgIpc) is 2.18. The molecule has 0 spiro atoms. The van der Waals surface area contributed by atoms with E-state index in [0.717, 1.165) is 5.56 Å². The highest BCUT2D eigenvalue weighted by molar-refractivity contribution is 7.85. The fraction of sp³-hybridized carbons (Fsp3) is 0. The van der Waals surface area contributed by atoms with Crippen LogP contribution in [0.4, 0.5) is 0 Å². The molecule has 0 N–H and O–H groups in total.